The van der Waals surface area contributed by atoms with Gasteiger partial charge in [-0.05, 0) is 25.3 Å². The predicted octanol–water partition coefficient (Wildman–Crippen LogP) is 2.58. The molecule has 0 aromatic carbocycles. The molecule has 0 atom stereocenters. The first-order chi connectivity index (χ1) is 7.67. The molecule has 1 aromatic heterocycles. The molecule has 0 unspecified atom stereocenters. The molecular formula is C12H21NO2S. The van der Waals surface area contributed by atoms with Gasteiger partial charge in [-0.3, -0.25) is 4.90 Å². The molecule has 0 saturated heterocycles. The number of hydrogen-bond donors (Lipinski definition) is 0. The maximum absolute atomic E-state index is 5.24. The van der Waals surface area contributed by atoms with Crippen molar-refractivity contribution in [2.45, 2.75) is 32.7 Å². The molecule has 0 aliphatic carbocycles. The Hall–Kier alpha value is -0.420. The quantitative estimate of drug-likeness (QED) is 0.687. The molecule has 0 bridgehead atoms. The van der Waals surface area contributed by atoms with Crippen molar-refractivity contribution in [2.24, 2.45) is 0 Å². The van der Waals surface area contributed by atoms with Gasteiger partial charge in [0, 0.05) is 31.7 Å². The number of thiophene rings is 1. The van der Waals surface area contributed by atoms with Gasteiger partial charge in [-0.25, -0.2) is 0 Å². The molecule has 1 aromatic rings. The van der Waals surface area contributed by atoms with Gasteiger partial charge in [0.15, 0.2) is 6.29 Å². The molecule has 0 amide bonds. The highest BCUT2D eigenvalue weighted by molar-refractivity contribution is 7.09. The van der Waals surface area contributed by atoms with Gasteiger partial charge < -0.3 is 9.47 Å². The minimum absolute atomic E-state index is 0.151. The standard InChI is InChI=1S/C12H21NO2S/c1-10(2)13(9-12(14-3)15-4)8-11-6-5-7-16-11/h5-7,10,12H,8-9H2,1-4H3. The molecule has 1 rings (SSSR count). The molecule has 3 nitrogen and oxygen atoms in total. The van der Waals surface area contributed by atoms with Crippen LogP contribution in [0.25, 0.3) is 0 Å². The smallest absolute Gasteiger partial charge is 0.169 e. The van der Waals surface area contributed by atoms with E-state index >= 15 is 0 Å². The van der Waals surface area contributed by atoms with Gasteiger partial charge in [0.2, 0.25) is 0 Å². The second-order valence-electron chi connectivity index (χ2n) is 4.00. The van der Waals surface area contributed by atoms with Gasteiger partial charge >= 0.3 is 0 Å². The van der Waals surface area contributed by atoms with Crippen LogP contribution in [0, 0.1) is 0 Å². The van der Waals surface area contributed by atoms with Gasteiger partial charge in [0.05, 0.1) is 6.54 Å². The summed E-state index contributed by atoms with van der Waals surface area (Å²) in [5, 5.41) is 2.11. The molecule has 1 heterocycles. The average Bonchev–Trinajstić information content (AvgIpc) is 2.76. The van der Waals surface area contributed by atoms with Crippen molar-refractivity contribution in [1.29, 1.82) is 0 Å². The minimum Gasteiger partial charge on any atom is -0.355 e. The topological polar surface area (TPSA) is 21.7 Å². The molecule has 0 fully saturated rings. The highest BCUT2D eigenvalue weighted by Crippen LogP contribution is 2.14. The van der Waals surface area contributed by atoms with E-state index in [0.29, 0.717) is 6.04 Å². The second-order valence-corrected chi connectivity index (χ2v) is 5.04. The maximum atomic E-state index is 5.24. The lowest BCUT2D eigenvalue weighted by atomic mass is 10.3. The Morgan fingerprint density at radius 1 is 1.31 bits per heavy atom. The predicted molar refractivity (Wildman–Crippen MR) is 67.7 cm³/mol. The Kier molecular flexibility index (Phi) is 5.98. The van der Waals surface area contributed by atoms with Gasteiger partial charge in [0.25, 0.3) is 0 Å². The number of rotatable bonds is 7. The average molecular weight is 243 g/mol. The molecule has 16 heavy (non-hydrogen) atoms. The molecule has 92 valence electrons. The van der Waals surface area contributed by atoms with E-state index in [1.165, 1.54) is 4.88 Å². The fraction of sp³-hybridized carbons (Fsp3) is 0.667. The first kappa shape index (κ1) is 13.6. The van der Waals surface area contributed by atoms with Gasteiger partial charge in [0.1, 0.15) is 0 Å². The molecule has 0 radical (unpaired) electrons. The zero-order valence-electron chi connectivity index (χ0n) is 10.5. The van der Waals surface area contributed by atoms with E-state index in [0.717, 1.165) is 13.1 Å². The van der Waals surface area contributed by atoms with E-state index in [2.05, 4.69) is 36.3 Å². The third-order valence-electron chi connectivity index (χ3n) is 2.58. The minimum atomic E-state index is -0.151. The molecule has 4 heteroatoms. The van der Waals surface area contributed by atoms with Crippen LogP contribution in [0.5, 0.6) is 0 Å². The Balaban J connectivity index is 2.54. The van der Waals surface area contributed by atoms with E-state index < -0.39 is 0 Å². The molecule has 0 N–H and O–H groups in total. The first-order valence-corrected chi connectivity index (χ1v) is 6.37. The second kappa shape index (κ2) is 7.01. The van der Waals surface area contributed by atoms with Crippen molar-refractivity contribution in [3.05, 3.63) is 22.4 Å². The summed E-state index contributed by atoms with van der Waals surface area (Å²) in [7, 11) is 3.36. The largest absolute Gasteiger partial charge is 0.355 e. The SMILES string of the molecule is COC(CN(Cc1cccs1)C(C)C)OC. The van der Waals surface area contributed by atoms with Gasteiger partial charge in [-0.15, -0.1) is 11.3 Å². The first-order valence-electron chi connectivity index (χ1n) is 5.49. The van der Waals surface area contributed by atoms with E-state index in [4.69, 9.17) is 9.47 Å². The Morgan fingerprint density at radius 3 is 2.44 bits per heavy atom. The third kappa shape index (κ3) is 4.22. The van der Waals surface area contributed by atoms with Crippen LogP contribution < -0.4 is 0 Å². The summed E-state index contributed by atoms with van der Waals surface area (Å²) in [6, 6.07) is 4.73. The summed E-state index contributed by atoms with van der Waals surface area (Å²) in [6.45, 7) is 6.13. The van der Waals surface area contributed by atoms with Crippen LogP contribution in [-0.4, -0.2) is 38.0 Å². The lowest BCUT2D eigenvalue weighted by molar-refractivity contribution is -0.120. The van der Waals surface area contributed by atoms with Crippen LogP contribution in [-0.2, 0) is 16.0 Å². The van der Waals surface area contributed by atoms with Crippen LogP contribution in [0.2, 0.25) is 0 Å². The Morgan fingerprint density at radius 2 is 2.00 bits per heavy atom. The Bertz CT molecular complexity index is 271. The number of ether oxygens (including phenoxy) is 2. The van der Waals surface area contributed by atoms with E-state index in [1.54, 1.807) is 25.6 Å². The summed E-state index contributed by atoms with van der Waals surface area (Å²) in [5.74, 6) is 0. The zero-order valence-corrected chi connectivity index (χ0v) is 11.3. The fourth-order valence-electron chi connectivity index (χ4n) is 1.50. The van der Waals surface area contributed by atoms with Crippen molar-refractivity contribution in [2.75, 3.05) is 20.8 Å². The number of nitrogens with zero attached hydrogens (tertiary/aromatic N) is 1. The highest BCUT2D eigenvalue weighted by atomic mass is 32.1. The number of methoxy groups -OCH3 is 2. The molecule has 0 spiro atoms. The molecule has 0 saturated carbocycles. The third-order valence-corrected chi connectivity index (χ3v) is 3.44. The van der Waals surface area contributed by atoms with Crippen molar-refractivity contribution < 1.29 is 9.47 Å². The normalized spacial score (nSPS) is 11.9. The monoisotopic (exact) mass is 243 g/mol. The molecule has 0 aliphatic heterocycles. The van der Waals surface area contributed by atoms with Crippen molar-refractivity contribution >= 4 is 11.3 Å². The zero-order chi connectivity index (χ0) is 12.0. The van der Waals surface area contributed by atoms with Crippen LogP contribution in [0.3, 0.4) is 0 Å². The summed E-state index contributed by atoms with van der Waals surface area (Å²) in [4.78, 5) is 3.73. The highest BCUT2D eigenvalue weighted by Gasteiger charge is 2.16. The lowest BCUT2D eigenvalue weighted by Gasteiger charge is -2.28. The van der Waals surface area contributed by atoms with E-state index in [9.17, 15) is 0 Å². The van der Waals surface area contributed by atoms with Crippen molar-refractivity contribution in [3.63, 3.8) is 0 Å². The van der Waals surface area contributed by atoms with E-state index in [-0.39, 0.29) is 6.29 Å². The number of hydrogen-bond acceptors (Lipinski definition) is 4. The summed E-state index contributed by atoms with van der Waals surface area (Å²) >= 11 is 1.79. The fourth-order valence-corrected chi connectivity index (χ4v) is 2.23. The van der Waals surface area contributed by atoms with E-state index in [1.807, 2.05) is 0 Å². The van der Waals surface area contributed by atoms with Crippen molar-refractivity contribution in [1.82, 2.24) is 4.90 Å². The molecular weight excluding hydrogens is 222 g/mol. The molecule has 0 aliphatic rings. The summed E-state index contributed by atoms with van der Waals surface area (Å²) in [5.41, 5.74) is 0. The van der Waals surface area contributed by atoms with Crippen LogP contribution in [0.1, 0.15) is 18.7 Å². The van der Waals surface area contributed by atoms with Crippen LogP contribution in [0.4, 0.5) is 0 Å². The van der Waals surface area contributed by atoms with Gasteiger partial charge in [-0.1, -0.05) is 6.07 Å². The van der Waals surface area contributed by atoms with Crippen molar-refractivity contribution in [3.8, 4) is 0 Å². The summed E-state index contributed by atoms with van der Waals surface area (Å²) < 4.78 is 10.5. The Labute approximate surface area is 102 Å². The van der Waals surface area contributed by atoms with Crippen LogP contribution in [0.15, 0.2) is 17.5 Å². The summed E-state index contributed by atoms with van der Waals surface area (Å²) in [6.07, 6.45) is -0.151. The van der Waals surface area contributed by atoms with Gasteiger partial charge in [-0.2, -0.15) is 0 Å². The maximum Gasteiger partial charge on any atom is 0.169 e. The lowest BCUT2D eigenvalue weighted by Crippen LogP contribution is -2.38. The van der Waals surface area contributed by atoms with Crippen LogP contribution >= 0.6 is 11.3 Å².